The number of aliphatic carboxylic acids is 1. The highest BCUT2D eigenvalue weighted by atomic mass is 16.4. The van der Waals surface area contributed by atoms with Crippen molar-refractivity contribution in [1.82, 2.24) is 10.2 Å². The molecule has 96 valence electrons. The third kappa shape index (κ3) is 3.93. The average molecular weight is 243 g/mol. The van der Waals surface area contributed by atoms with E-state index < -0.39 is 17.9 Å². The summed E-state index contributed by atoms with van der Waals surface area (Å²) in [6, 6.07) is -0.543. The number of urea groups is 1. The standard InChI is InChI=1S/C10H17N3O4/c1-13(5-8(11)14)10(17)12-7-3-2-6(4-7)9(15)16/h6-7H,2-5H2,1H3,(H2,11,14)(H,12,17)(H,15,16)/t6-,7+/m1/s1. The van der Waals surface area contributed by atoms with Crippen molar-refractivity contribution in [2.45, 2.75) is 25.3 Å². The minimum Gasteiger partial charge on any atom is -0.481 e. The Morgan fingerprint density at radius 1 is 1.41 bits per heavy atom. The molecule has 1 fully saturated rings. The number of carbonyl (C=O) groups is 3. The molecule has 0 bridgehead atoms. The number of primary amides is 1. The lowest BCUT2D eigenvalue weighted by molar-refractivity contribution is -0.141. The van der Waals surface area contributed by atoms with Crippen molar-refractivity contribution in [1.29, 1.82) is 0 Å². The average Bonchev–Trinajstić information content (AvgIpc) is 2.65. The summed E-state index contributed by atoms with van der Waals surface area (Å²) in [7, 11) is 1.46. The molecular weight excluding hydrogens is 226 g/mol. The molecule has 7 nitrogen and oxygen atoms in total. The third-order valence-electron chi connectivity index (χ3n) is 2.85. The van der Waals surface area contributed by atoms with Gasteiger partial charge in [-0.2, -0.15) is 0 Å². The summed E-state index contributed by atoms with van der Waals surface area (Å²) in [6.07, 6.45) is 1.65. The van der Waals surface area contributed by atoms with Gasteiger partial charge in [0.1, 0.15) is 6.54 Å². The Labute approximate surface area is 98.9 Å². The van der Waals surface area contributed by atoms with Gasteiger partial charge in [0.05, 0.1) is 5.92 Å². The Kier molecular flexibility index (Phi) is 4.30. The van der Waals surface area contributed by atoms with Crippen LogP contribution in [0, 0.1) is 5.92 Å². The van der Waals surface area contributed by atoms with Crippen LogP contribution < -0.4 is 11.1 Å². The Bertz CT molecular complexity index is 332. The Balaban J connectivity index is 2.37. The molecule has 0 radical (unpaired) electrons. The van der Waals surface area contributed by atoms with Crippen LogP contribution >= 0.6 is 0 Å². The fourth-order valence-electron chi connectivity index (χ4n) is 1.93. The Hall–Kier alpha value is -1.79. The van der Waals surface area contributed by atoms with Crippen LogP contribution in [0.3, 0.4) is 0 Å². The van der Waals surface area contributed by atoms with Gasteiger partial charge < -0.3 is 21.1 Å². The number of hydrogen-bond donors (Lipinski definition) is 3. The number of amides is 3. The zero-order valence-corrected chi connectivity index (χ0v) is 9.68. The minimum absolute atomic E-state index is 0.140. The molecule has 1 saturated carbocycles. The number of nitrogens with two attached hydrogens (primary N) is 1. The van der Waals surface area contributed by atoms with Gasteiger partial charge in [0, 0.05) is 13.1 Å². The molecule has 1 aliphatic rings. The molecule has 0 aromatic rings. The first-order chi connectivity index (χ1) is 7.90. The SMILES string of the molecule is CN(CC(N)=O)C(=O)N[C@H]1CC[C@@H](C(=O)O)C1. The second-order valence-electron chi connectivity index (χ2n) is 4.32. The molecule has 0 aliphatic heterocycles. The van der Waals surface area contributed by atoms with Gasteiger partial charge in [-0.1, -0.05) is 0 Å². The molecular formula is C10H17N3O4. The van der Waals surface area contributed by atoms with Crippen LogP contribution in [0.5, 0.6) is 0 Å². The van der Waals surface area contributed by atoms with Crippen molar-refractivity contribution in [3.05, 3.63) is 0 Å². The number of nitrogens with zero attached hydrogens (tertiary/aromatic N) is 1. The van der Waals surface area contributed by atoms with Crippen molar-refractivity contribution >= 4 is 17.9 Å². The summed E-state index contributed by atoms with van der Waals surface area (Å²) in [6.45, 7) is -0.152. The number of rotatable bonds is 4. The summed E-state index contributed by atoms with van der Waals surface area (Å²) >= 11 is 0. The van der Waals surface area contributed by atoms with E-state index in [4.69, 9.17) is 10.8 Å². The van der Waals surface area contributed by atoms with Gasteiger partial charge in [0.15, 0.2) is 0 Å². The molecule has 2 atom stereocenters. The van der Waals surface area contributed by atoms with Crippen LogP contribution in [-0.4, -0.2) is 47.5 Å². The maximum Gasteiger partial charge on any atom is 0.317 e. The van der Waals surface area contributed by atoms with E-state index >= 15 is 0 Å². The van der Waals surface area contributed by atoms with E-state index in [0.29, 0.717) is 19.3 Å². The first kappa shape index (κ1) is 13.3. The van der Waals surface area contributed by atoms with E-state index in [2.05, 4.69) is 5.32 Å². The number of hydrogen-bond acceptors (Lipinski definition) is 3. The number of carbonyl (C=O) groups excluding carboxylic acids is 2. The van der Waals surface area contributed by atoms with E-state index in [1.54, 1.807) is 0 Å². The van der Waals surface area contributed by atoms with Gasteiger partial charge in [-0.15, -0.1) is 0 Å². The highest BCUT2D eigenvalue weighted by molar-refractivity contribution is 5.82. The molecule has 0 saturated heterocycles. The van der Waals surface area contributed by atoms with E-state index in [-0.39, 0.29) is 18.5 Å². The zero-order valence-electron chi connectivity index (χ0n) is 9.68. The number of carboxylic acid groups (broad SMARTS) is 1. The summed E-state index contributed by atoms with van der Waals surface area (Å²) in [5, 5.41) is 11.5. The first-order valence-corrected chi connectivity index (χ1v) is 5.43. The molecule has 3 amide bonds. The van der Waals surface area contributed by atoms with Crippen LogP contribution in [0.1, 0.15) is 19.3 Å². The number of carboxylic acids is 1. The molecule has 7 heteroatoms. The van der Waals surface area contributed by atoms with E-state index in [9.17, 15) is 14.4 Å². The smallest absolute Gasteiger partial charge is 0.317 e. The van der Waals surface area contributed by atoms with Gasteiger partial charge in [0.25, 0.3) is 0 Å². The summed E-state index contributed by atoms with van der Waals surface area (Å²) in [5.74, 6) is -1.80. The topological polar surface area (TPSA) is 113 Å². The monoisotopic (exact) mass is 243 g/mol. The summed E-state index contributed by atoms with van der Waals surface area (Å²) in [5.41, 5.74) is 4.96. The highest BCUT2D eigenvalue weighted by Gasteiger charge is 2.31. The lowest BCUT2D eigenvalue weighted by Crippen LogP contribution is -2.45. The van der Waals surface area contributed by atoms with Gasteiger partial charge in [0.2, 0.25) is 5.91 Å². The lowest BCUT2D eigenvalue weighted by Gasteiger charge is -2.19. The van der Waals surface area contributed by atoms with Crippen molar-refractivity contribution < 1.29 is 19.5 Å². The maximum absolute atomic E-state index is 11.6. The molecule has 1 rings (SSSR count). The minimum atomic E-state index is -0.827. The third-order valence-corrected chi connectivity index (χ3v) is 2.85. The predicted octanol–water partition coefficient (Wildman–Crippen LogP) is -0.634. The molecule has 0 heterocycles. The molecule has 0 spiro atoms. The van der Waals surface area contributed by atoms with E-state index in [1.165, 1.54) is 11.9 Å². The zero-order chi connectivity index (χ0) is 13.0. The van der Waals surface area contributed by atoms with Crippen molar-refractivity contribution in [2.24, 2.45) is 11.7 Å². The van der Waals surface area contributed by atoms with E-state index in [1.807, 2.05) is 0 Å². The van der Waals surface area contributed by atoms with Crippen LogP contribution in [-0.2, 0) is 9.59 Å². The van der Waals surface area contributed by atoms with Gasteiger partial charge in [-0.3, -0.25) is 9.59 Å². The van der Waals surface area contributed by atoms with Crippen LogP contribution in [0.2, 0.25) is 0 Å². The molecule has 0 aromatic heterocycles. The van der Waals surface area contributed by atoms with Crippen molar-refractivity contribution in [2.75, 3.05) is 13.6 Å². The molecule has 17 heavy (non-hydrogen) atoms. The molecule has 4 N–H and O–H groups in total. The summed E-state index contributed by atoms with van der Waals surface area (Å²) < 4.78 is 0. The largest absolute Gasteiger partial charge is 0.481 e. The lowest BCUT2D eigenvalue weighted by atomic mass is 10.1. The second kappa shape index (κ2) is 5.51. The van der Waals surface area contributed by atoms with Crippen LogP contribution in [0.15, 0.2) is 0 Å². The van der Waals surface area contributed by atoms with E-state index in [0.717, 1.165) is 0 Å². The van der Waals surface area contributed by atoms with Crippen LogP contribution in [0.25, 0.3) is 0 Å². The molecule has 0 unspecified atom stereocenters. The number of likely N-dealkylation sites (N-methyl/N-ethyl adjacent to an activating group) is 1. The molecule has 1 aliphatic carbocycles. The summed E-state index contributed by atoms with van der Waals surface area (Å²) in [4.78, 5) is 34.1. The quantitative estimate of drug-likeness (QED) is 0.609. The van der Waals surface area contributed by atoms with Gasteiger partial charge >= 0.3 is 12.0 Å². The van der Waals surface area contributed by atoms with Gasteiger partial charge in [-0.05, 0) is 19.3 Å². The normalized spacial score (nSPS) is 23.1. The predicted molar refractivity (Wildman–Crippen MR) is 59.1 cm³/mol. The second-order valence-corrected chi connectivity index (χ2v) is 4.32. The maximum atomic E-state index is 11.6. The Morgan fingerprint density at radius 3 is 2.53 bits per heavy atom. The Morgan fingerprint density at radius 2 is 2.06 bits per heavy atom. The first-order valence-electron chi connectivity index (χ1n) is 5.43. The number of nitrogens with one attached hydrogen (secondary N) is 1. The van der Waals surface area contributed by atoms with Crippen molar-refractivity contribution in [3.8, 4) is 0 Å². The van der Waals surface area contributed by atoms with Crippen molar-refractivity contribution in [3.63, 3.8) is 0 Å². The highest BCUT2D eigenvalue weighted by Crippen LogP contribution is 2.25. The fourth-order valence-corrected chi connectivity index (χ4v) is 1.93. The van der Waals surface area contributed by atoms with Crippen LogP contribution in [0.4, 0.5) is 4.79 Å². The fraction of sp³-hybridized carbons (Fsp3) is 0.700. The van der Waals surface area contributed by atoms with Gasteiger partial charge in [-0.25, -0.2) is 4.79 Å². The molecule has 0 aromatic carbocycles.